The van der Waals surface area contributed by atoms with Gasteiger partial charge in [-0.15, -0.1) is 11.3 Å². The maximum Gasteiger partial charge on any atom is 0.0433 e. The molecule has 1 heteroatoms. The van der Waals surface area contributed by atoms with Crippen LogP contribution in [0, 0.1) is 0 Å². The smallest absolute Gasteiger partial charge is 0.0433 e. The van der Waals surface area contributed by atoms with Crippen LogP contribution in [0.2, 0.25) is 0 Å². The summed E-state index contributed by atoms with van der Waals surface area (Å²) in [7, 11) is 0. The van der Waals surface area contributed by atoms with E-state index >= 15 is 0 Å². The van der Waals surface area contributed by atoms with Crippen molar-refractivity contribution in [1.29, 1.82) is 0 Å². The van der Waals surface area contributed by atoms with E-state index in [1.807, 2.05) is 11.3 Å². The van der Waals surface area contributed by atoms with E-state index in [4.69, 9.17) is 0 Å². The molecule has 0 saturated heterocycles. The molecule has 0 unspecified atom stereocenters. The second kappa shape index (κ2) is 7.65. The van der Waals surface area contributed by atoms with Crippen molar-refractivity contribution >= 4 is 42.3 Å². The number of fused-ring (bicyclic) bond motifs is 7. The standard InChI is InChI=1S/C35H22S/c1-2-7-23-18-24(13-12-22(23)6-1)25-14-15-26-19-27-16-17-28(21-33(27)32(26)20-25)29-9-5-10-31-30-8-3-4-11-34(30)36-35(29)31/h1-18,20-21H,19H2. The van der Waals surface area contributed by atoms with Crippen molar-refractivity contribution in [2.45, 2.75) is 6.42 Å². The second-order valence-corrected chi connectivity index (χ2v) is 10.8. The van der Waals surface area contributed by atoms with Gasteiger partial charge >= 0.3 is 0 Å². The third-order valence-electron chi connectivity index (χ3n) is 7.69. The first-order valence-electron chi connectivity index (χ1n) is 12.5. The maximum atomic E-state index is 2.42. The van der Waals surface area contributed by atoms with Crippen molar-refractivity contribution in [2.75, 3.05) is 0 Å². The van der Waals surface area contributed by atoms with E-state index in [9.17, 15) is 0 Å². The molecular weight excluding hydrogens is 452 g/mol. The zero-order chi connectivity index (χ0) is 23.6. The maximum absolute atomic E-state index is 2.42. The summed E-state index contributed by atoms with van der Waals surface area (Å²) < 4.78 is 2.73. The molecule has 6 aromatic carbocycles. The molecule has 0 fully saturated rings. The van der Waals surface area contributed by atoms with E-state index in [1.165, 1.54) is 75.5 Å². The molecule has 1 heterocycles. The third kappa shape index (κ3) is 3.00. The molecule has 0 bridgehead atoms. The number of rotatable bonds is 2. The molecule has 0 amide bonds. The molecule has 0 aliphatic heterocycles. The lowest BCUT2D eigenvalue weighted by molar-refractivity contribution is 1.26. The number of hydrogen-bond donors (Lipinski definition) is 0. The predicted octanol–water partition coefficient (Wildman–Crippen LogP) is 10.1. The highest BCUT2D eigenvalue weighted by atomic mass is 32.1. The van der Waals surface area contributed by atoms with Gasteiger partial charge in [-0.2, -0.15) is 0 Å². The Labute approximate surface area is 214 Å². The topological polar surface area (TPSA) is 0 Å². The number of hydrogen-bond acceptors (Lipinski definition) is 1. The first kappa shape index (κ1) is 20.0. The van der Waals surface area contributed by atoms with E-state index in [1.54, 1.807) is 0 Å². The van der Waals surface area contributed by atoms with Crippen molar-refractivity contribution < 1.29 is 0 Å². The van der Waals surface area contributed by atoms with Crippen LogP contribution in [0.25, 0.3) is 64.3 Å². The fourth-order valence-corrected chi connectivity index (χ4v) is 7.10. The van der Waals surface area contributed by atoms with Gasteiger partial charge in [0.1, 0.15) is 0 Å². The summed E-state index contributed by atoms with van der Waals surface area (Å²) in [6.07, 6.45) is 1.01. The monoisotopic (exact) mass is 474 g/mol. The van der Waals surface area contributed by atoms with Crippen LogP contribution in [0.1, 0.15) is 11.1 Å². The second-order valence-electron chi connectivity index (χ2n) is 9.76. The van der Waals surface area contributed by atoms with Crippen LogP contribution >= 0.6 is 11.3 Å². The lowest BCUT2D eigenvalue weighted by Crippen LogP contribution is -1.84. The van der Waals surface area contributed by atoms with Gasteiger partial charge in [0.15, 0.2) is 0 Å². The van der Waals surface area contributed by atoms with Crippen LogP contribution in [0.4, 0.5) is 0 Å². The molecule has 0 spiro atoms. The lowest BCUT2D eigenvalue weighted by atomic mass is 9.95. The van der Waals surface area contributed by atoms with Gasteiger partial charge in [0.2, 0.25) is 0 Å². The van der Waals surface area contributed by atoms with Crippen molar-refractivity contribution in [2.24, 2.45) is 0 Å². The lowest BCUT2D eigenvalue weighted by Gasteiger charge is -2.10. The highest BCUT2D eigenvalue weighted by Crippen LogP contribution is 2.44. The number of thiophene rings is 1. The molecular formula is C35H22S. The highest BCUT2D eigenvalue weighted by molar-refractivity contribution is 7.26. The van der Waals surface area contributed by atoms with Crippen LogP contribution in [0.3, 0.4) is 0 Å². The van der Waals surface area contributed by atoms with E-state index in [-0.39, 0.29) is 0 Å². The highest BCUT2D eigenvalue weighted by Gasteiger charge is 2.20. The van der Waals surface area contributed by atoms with Gasteiger partial charge in [-0.1, -0.05) is 97.1 Å². The summed E-state index contributed by atoms with van der Waals surface area (Å²) in [5.74, 6) is 0. The van der Waals surface area contributed by atoms with Gasteiger partial charge < -0.3 is 0 Å². The minimum atomic E-state index is 1.01. The van der Waals surface area contributed by atoms with Gasteiger partial charge in [-0.05, 0) is 86.0 Å². The van der Waals surface area contributed by atoms with Gasteiger partial charge in [-0.3, -0.25) is 0 Å². The SMILES string of the molecule is c1ccc2cc(-c3ccc4c(c3)-c3cc(-c5cccc6c5sc5ccccc56)ccc3C4)ccc2c1. The molecule has 168 valence electrons. The zero-order valence-corrected chi connectivity index (χ0v) is 20.5. The van der Waals surface area contributed by atoms with Crippen molar-refractivity contribution in [1.82, 2.24) is 0 Å². The van der Waals surface area contributed by atoms with Crippen LogP contribution in [0.15, 0.2) is 121 Å². The molecule has 0 nitrogen and oxygen atoms in total. The Hall–Kier alpha value is -4.20. The van der Waals surface area contributed by atoms with E-state index in [0.717, 1.165) is 6.42 Å². The van der Waals surface area contributed by atoms with Gasteiger partial charge in [0.05, 0.1) is 0 Å². The summed E-state index contributed by atoms with van der Waals surface area (Å²) in [5.41, 5.74) is 10.8. The Balaban J connectivity index is 1.27. The Bertz CT molecular complexity index is 1970. The fourth-order valence-electron chi connectivity index (χ4n) is 5.86. The van der Waals surface area contributed by atoms with E-state index in [2.05, 4.69) is 121 Å². The molecule has 1 aliphatic rings. The Morgan fingerprint density at radius 2 is 1.11 bits per heavy atom. The number of benzene rings is 6. The third-order valence-corrected chi connectivity index (χ3v) is 8.91. The van der Waals surface area contributed by atoms with Crippen LogP contribution in [0.5, 0.6) is 0 Å². The van der Waals surface area contributed by atoms with Crippen molar-refractivity contribution in [3.05, 3.63) is 132 Å². The fraction of sp³-hybridized carbons (Fsp3) is 0.0286. The average molecular weight is 475 g/mol. The van der Waals surface area contributed by atoms with Crippen molar-refractivity contribution in [3.8, 4) is 33.4 Å². The average Bonchev–Trinajstić information content (AvgIpc) is 3.50. The molecule has 0 saturated carbocycles. The van der Waals surface area contributed by atoms with E-state index < -0.39 is 0 Å². The molecule has 0 atom stereocenters. The molecule has 1 aliphatic carbocycles. The molecule has 1 aromatic heterocycles. The van der Waals surface area contributed by atoms with Gasteiger partial charge in [0, 0.05) is 20.2 Å². The summed E-state index contributed by atoms with van der Waals surface area (Å²) >= 11 is 1.90. The Morgan fingerprint density at radius 3 is 2.00 bits per heavy atom. The Kier molecular flexibility index (Phi) is 4.26. The summed E-state index contributed by atoms with van der Waals surface area (Å²) in [6, 6.07) is 45.0. The Morgan fingerprint density at radius 1 is 0.444 bits per heavy atom. The summed E-state index contributed by atoms with van der Waals surface area (Å²) in [4.78, 5) is 0. The van der Waals surface area contributed by atoms with Crippen molar-refractivity contribution in [3.63, 3.8) is 0 Å². The van der Waals surface area contributed by atoms with Crippen LogP contribution < -0.4 is 0 Å². The normalized spacial score (nSPS) is 12.3. The predicted molar refractivity (Wildman–Crippen MR) is 156 cm³/mol. The van der Waals surface area contributed by atoms with Crippen LogP contribution in [-0.2, 0) is 6.42 Å². The van der Waals surface area contributed by atoms with Gasteiger partial charge in [-0.25, -0.2) is 0 Å². The zero-order valence-electron chi connectivity index (χ0n) is 19.7. The minimum Gasteiger partial charge on any atom is -0.135 e. The largest absolute Gasteiger partial charge is 0.135 e. The van der Waals surface area contributed by atoms with Gasteiger partial charge in [0.25, 0.3) is 0 Å². The summed E-state index contributed by atoms with van der Waals surface area (Å²) in [5, 5.41) is 5.28. The first-order chi connectivity index (χ1) is 17.8. The molecule has 0 N–H and O–H groups in total. The van der Waals surface area contributed by atoms with Crippen LogP contribution in [-0.4, -0.2) is 0 Å². The van der Waals surface area contributed by atoms with E-state index in [0.29, 0.717) is 0 Å². The quantitative estimate of drug-likeness (QED) is 0.234. The summed E-state index contributed by atoms with van der Waals surface area (Å²) in [6.45, 7) is 0. The first-order valence-corrected chi connectivity index (χ1v) is 13.3. The molecule has 0 radical (unpaired) electrons. The molecule has 8 rings (SSSR count). The minimum absolute atomic E-state index is 1.01. The molecule has 36 heavy (non-hydrogen) atoms. The molecule has 7 aromatic rings.